The summed E-state index contributed by atoms with van der Waals surface area (Å²) in [6.07, 6.45) is 3.75. The number of rotatable bonds is 7. The van der Waals surface area contributed by atoms with Gasteiger partial charge in [-0.2, -0.15) is 0 Å². The van der Waals surface area contributed by atoms with Gasteiger partial charge in [0.1, 0.15) is 11.9 Å². The van der Waals surface area contributed by atoms with E-state index in [0.29, 0.717) is 35.9 Å². The number of fused-ring (bicyclic) bond motifs is 1. The van der Waals surface area contributed by atoms with Gasteiger partial charge in [0.05, 0.1) is 11.1 Å². The number of carbonyl (C=O) groups excluding carboxylic acids is 3. The van der Waals surface area contributed by atoms with Crippen LogP contribution in [0.2, 0.25) is 0 Å². The number of hydrogen-bond acceptors (Lipinski definition) is 6. The summed E-state index contributed by atoms with van der Waals surface area (Å²) in [4.78, 5) is 38.4. The van der Waals surface area contributed by atoms with Gasteiger partial charge in [0.25, 0.3) is 11.8 Å². The van der Waals surface area contributed by atoms with Crippen molar-refractivity contribution in [2.45, 2.75) is 13.0 Å². The molecule has 1 aliphatic rings. The second kappa shape index (κ2) is 8.16. The maximum Gasteiger partial charge on any atom is 0.262 e. The van der Waals surface area contributed by atoms with E-state index in [1.165, 1.54) is 6.92 Å². The Morgan fingerprint density at radius 1 is 0.933 bits per heavy atom. The van der Waals surface area contributed by atoms with Crippen molar-refractivity contribution in [3.63, 3.8) is 0 Å². The van der Waals surface area contributed by atoms with Crippen LogP contribution in [0.3, 0.4) is 0 Å². The molecule has 0 bridgehead atoms. The van der Waals surface area contributed by atoms with Gasteiger partial charge in [-0.25, -0.2) is 0 Å². The van der Waals surface area contributed by atoms with Crippen molar-refractivity contribution in [3.05, 3.63) is 72.1 Å². The molecule has 1 atom stereocenters. The lowest BCUT2D eigenvalue weighted by molar-refractivity contribution is -0.124. The highest BCUT2D eigenvalue weighted by Gasteiger charge is 2.40. The molecule has 2 aromatic heterocycles. The third-order valence-electron chi connectivity index (χ3n) is 4.84. The minimum Gasteiger partial charge on any atom is -0.367 e. The van der Waals surface area contributed by atoms with Crippen LogP contribution in [0.25, 0.3) is 5.82 Å². The summed E-state index contributed by atoms with van der Waals surface area (Å²) in [7, 11) is 0. The SMILES string of the molecule is CC(C(=O)NCCNc1ccc(-n2cccc2)nn1)N1C(=O)c2ccccc2C1=O. The standard InChI is InChI=1S/C21H20N6O3/c1-14(27-20(29)15-6-2-3-7-16(15)21(27)30)19(28)23-11-10-22-17-8-9-18(25-24-17)26-12-4-5-13-26/h2-9,12-14H,10-11H2,1H3,(H,22,24)(H,23,28). The maximum absolute atomic E-state index is 12.5. The number of anilines is 1. The van der Waals surface area contributed by atoms with Crippen molar-refractivity contribution in [3.8, 4) is 5.82 Å². The molecule has 0 aliphatic carbocycles. The lowest BCUT2D eigenvalue weighted by Gasteiger charge is -2.21. The number of imide groups is 1. The first-order valence-corrected chi connectivity index (χ1v) is 9.52. The molecule has 1 unspecified atom stereocenters. The topological polar surface area (TPSA) is 109 Å². The molecule has 4 rings (SSSR count). The Kier molecular flexibility index (Phi) is 5.25. The second-order valence-electron chi connectivity index (χ2n) is 6.79. The van der Waals surface area contributed by atoms with Gasteiger partial charge in [-0.05, 0) is 43.3 Å². The van der Waals surface area contributed by atoms with Crippen LogP contribution in [0.15, 0.2) is 60.9 Å². The number of benzene rings is 1. The average molecular weight is 404 g/mol. The number of aromatic nitrogens is 3. The van der Waals surface area contributed by atoms with Gasteiger partial charge in [0.2, 0.25) is 5.91 Å². The van der Waals surface area contributed by atoms with E-state index >= 15 is 0 Å². The molecular formula is C21H20N6O3. The molecule has 3 aromatic rings. The predicted molar refractivity (Wildman–Crippen MR) is 109 cm³/mol. The van der Waals surface area contributed by atoms with Crippen molar-refractivity contribution in [1.29, 1.82) is 0 Å². The van der Waals surface area contributed by atoms with Crippen LogP contribution in [0, 0.1) is 0 Å². The van der Waals surface area contributed by atoms with Crippen LogP contribution in [0.1, 0.15) is 27.6 Å². The highest BCUT2D eigenvalue weighted by atomic mass is 16.2. The van der Waals surface area contributed by atoms with Crippen molar-refractivity contribution in [1.82, 2.24) is 25.0 Å². The number of carbonyl (C=O) groups is 3. The van der Waals surface area contributed by atoms with E-state index in [2.05, 4.69) is 20.8 Å². The molecule has 30 heavy (non-hydrogen) atoms. The van der Waals surface area contributed by atoms with E-state index in [-0.39, 0.29) is 0 Å². The van der Waals surface area contributed by atoms with Gasteiger partial charge in [0, 0.05) is 25.5 Å². The zero-order chi connectivity index (χ0) is 21.1. The molecule has 1 aromatic carbocycles. The largest absolute Gasteiger partial charge is 0.367 e. The van der Waals surface area contributed by atoms with E-state index in [4.69, 9.17) is 0 Å². The Bertz CT molecular complexity index is 1040. The Morgan fingerprint density at radius 3 is 2.20 bits per heavy atom. The first-order chi connectivity index (χ1) is 14.6. The van der Waals surface area contributed by atoms with Crippen LogP contribution in [-0.2, 0) is 4.79 Å². The molecule has 2 N–H and O–H groups in total. The molecule has 1 aliphatic heterocycles. The third kappa shape index (κ3) is 3.64. The summed E-state index contributed by atoms with van der Waals surface area (Å²) in [6, 6.07) is 13.1. The third-order valence-corrected chi connectivity index (χ3v) is 4.84. The average Bonchev–Trinajstić information content (AvgIpc) is 3.39. The van der Waals surface area contributed by atoms with Crippen molar-refractivity contribution < 1.29 is 14.4 Å². The van der Waals surface area contributed by atoms with Crippen molar-refractivity contribution in [2.24, 2.45) is 0 Å². The normalized spacial score (nSPS) is 13.8. The summed E-state index contributed by atoms with van der Waals surface area (Å²) in [5.41, 5.74) is 0.650. The fourth-order valence-electron chi connectivity index (χ4n) is 3.25. The minimum absolute atomic E-state index is 0.299. The van der Waals surface area contributed by atoms with Crippen LogP contribution in [0.5, 0.6) is 0 Å². The van der Waals surface area contributed by atoms with Gasteiger partial charge in [-0.15, -0.1) is 10.2 Å². The first kappa shape index (κ1) is 19.3. The molecule has 0 spiro atoms. The molecule has 9 heteroatoms. The highest BCUT2D eigenvalue weighted by Crippen LogP contribution is 2.24. The molecule has 152 valence electrons. The van der Waals surface area contributed by atoms with Gasteiger partial charge in [0.15, 0.2) is 5.82 Å². The summed E-state index contributed by atoms with van der Waals surface area (Å²) in [6.45, 7) is 2.25. The molecule has 3 amide bonds. The summed E-state index contributed by atoms with van der Waals surface area (Å²) in [5.74, 6) is -0.0219. The zero-order valence-electron chi connectivity index (χ0n) is 16.3. The summed E-state index contributed by atoms with van der Waals surface area (Å²) >= 11 is 0. The van der Waals surface area contributed by atoms with Gasteiger partial charge in [-0.3, -0.25) is 19.3 Å². The molecule has 0 saturated carbocycles. The molecule has 3 heterocycles. The highest BCUT2D eigenvalue weighted by molar-refractivity contribution is 6.22. The van der Waals surface area contributed by atoms with E-state index in [1.54, 1.807) is 30.3 Å². The Morgan fingerprint density at radius 2 is 1.60 bits per heavy atom. The molecular weight excluding hydrogens is 384 g/mol. The van der Waals surface area contributed by atoms with Crippen LogP contribution in [0.4, 0.5) is 5.82 Å². The Hall–Kier alpha value is -4.01. The van der Waals surface area contributed by atoms with E-state index in [1.807, 2.05) is 35.2 Å². The number of nitrogens with zero attached hydrogens (tertiary/aromatic N) is 4. The van der Waals surface area contributed by atoms with E-state index in [9.17, 15) is 14.4 Å². The van der Waals surface area contributed by atoms with Crippen molar-refractivity contribution >= 4 is 23.5 Å². The zero-order valence-corrected chi connectivity index (χ0v) is 16.3. The van der Waals surface area contributed by atoms with Crippen LogP contribution in [-0.4, -0.2) is 56.5 Å². The molecule has 0 fully saturated rings. The summed E-state index contributed by atoms with van der Waals surface area (Å²) < 4.78 is 1.84. The quantitative estimate of drug-likeness (QED) is 0.456. The molecule has 9 nitrogen and oxygen atoms in total. The summed E-state index contributed by atoms with van der Waals surface area (Å²) in [5, 5.41) is 14.0. The van der Waals surface area contributed by atoms with Crippen molar-refractivity contribution in [2.75, 3.05) is 18.4 Å². The van der Waals surface area contributed by atoms with Crippen LogP contribution < -0.4 is 10.6 Å². The number of hydrogen-bond donors (Lipinski definition) is 2. The first-order valence-electron chi connectivity index (χ1n) is 9.52. The van der Waals surface area contributed by atoms with Gasteiger partial charge >= 0.3 is 0 Å². The maximum atomic E-state index is 12.5. The van der Waals surface area contributed by atoms with E-state index < -0.39 is 23.8 Å². The number of amides is 3. The Labute approximate surface area is 172 Å². The predicted octanol–water partition coefficient (Wildman–Crippen LogP) is 1.48. The fraction of sp³-hybridized carbons (Fsp3) is 0.190. The number of nitrogens with one attached hydrogen (secondary N) is 2. The fourth-order valence-corrected chi connectivity index (χ4v) is 3.25. The molecule has 0 saturated heterocycles. The van der Waals surface area contributed by atoms with Gasteiger partial charge in [-0.1, -0.05) is 12.1 Å². The van der Waals surface area contributed by atoms with Gasteiger partial charge < -0.3 is 15.2 Å². The molecule has 0 radical (unpaired) electrons. The van der Waals surface area contributed by atoms with Crippen LogP contribution >= 0.6 is 0 Å². The lowest BCUT2D eigenvalue weighted by atomic mass is 10.1. The lowest BCUT2D eigenvalue weighted by Crippen LogP contribution is -2.48. The minimum atomic E-state index is -0.905. The smallest absolute Gasteiger partial charge is 0.262 e. The Balaban J connectivity index is 1.27. The van der Waals surface area contributed by atoms with E-state index in [0.717, 1.165) is 4.90 Å². The second-order valence-corrected chi connectivity index (χ2v) is 6.79. The monoisotopic (exact) mass is 404 g/mol.